The third kappa shape index (κ3) is 15.6. The van der Waals surface area contributed by atoms with Crippen molar-refractivity contribution in [3.05, 3.63) is 36.0 Å². The Morgan fingerprint density at radius 3 is 2.06 bits per heavy atom. The lowest BCUT2D eigenvalue weighted by Gasteiger charge is -2.42. The topological polar surface area (TPSA) is 114 Å². The number of hydrogen-bond donors (Lipinski definition) is 1. The van der Waals surface area contributed by atoms with Gasteiger partial charge in [-0.2, -0.15) is 0 Å². The van der Waals surface area contributed by atoms with Gasteiger partial charge in [0.2, 0.25) is 0 Å². The number of piperazine rings is 1. The molecule has 0 aromatic heterocycles. The van der Waals surface area contributed by atoms with Crippen molar-refractivity contribution in [1.82, 2.24) is 14.7 Å². The summed E-state index contributed by atoms with van der Waals surface area (Å²) in [5.41, 5.74) is 0.724. The molecule has 0 aromatic carbocycles. The molecule has 3 saturated heterocycles. The van der Waals surface area contributed by atoms with Gasteiger partial charge in [-0.1, -0.05) is 107 Å². The third-order valence-electron chi connectivity index (χ3n) is 16.5. The minimum atomic E-state index is -2.15. The largest absolute Gasteiger partial charge is 0.457 e. The Kier molecular flexibility index (Phi) is 22.2. The fraction of sp³-hybridized carbons (Fsp3) is 0.849. The average molecular weight is 961 g/mol. The van der Waals surface area contributed by atoms with Gasteiger partial charge < -0.3 is 38.0 Å². The molecule has 0 saturated carbocycles. The smallest absolute Gasteiger partial charge is 0.410 e. The standard InChI is InChI=1S/C53H97N3O8Si2/c1-16-46(64-66(19-4,20-5)39(8)9)43(13)51-48(60-51)37-53(14,59)29-21-22-41(11)50-42(12)24-26-47(61-52(58)56-34-32-55(33-35-56)44-27-30-54(15)31-28-44)40(10)23-25-45(36-49(57)62-50)63-65(17-2,18-3)38(6)7/h21-22,24,26,29,38-40,42-48,50-51,59H,16-20,23,25,27-28,30-37H2,1-15H3. The van der Waals surface area contributed by atoms with E-state index in [1.54, 1.807) is 0 Å². The van der Waals surface area contributed by atoms with E-state index in [1.165, 1.54) is 12.8 Å². The number of likely N-dealkylation sites (tertiary alicyclic amines) is 1. The van der Waals surface area contributed by atoms with Gasteiger partial charge >= 0.3 is 12.1 Å². The van der Waals surface area contributed by atoms with Crippen LogP contribution >= 0.6 is 0 Å². The van der Waals surface area contributed by atoms with Gasteiger partial charge in [0.25, 0.3) is 0 Å². The molecular formula is C53H97N3O8Si2. The van der Waals surface area contributed by atoms with Crippen LogP contribution in [0.2, 0.25) is 35.3 Å². The molecule has 4 rings (SSSR count). The Labute approximate surface area is 405 Å². The highest BCUT2D eigenvalue weighted by molar-refractivity contribution is 6.75. The molecule has 3 fully saturated rings. The number of allylic oxidation sites excluding steroid dienone is 2. The molecule has 10 unspecified atom stereocenters. The molecule has 1 N–H and O–H groups in total. The Balaban J connectivity index is 1.50. The predicted molar refractivity (Wildman–Crippen MR) is 275 cm³/mol. The molecule has 0 aliphatic carbocycles. The Morgan fingerprint density at radius 2 is 1.50 bits per heavy atom. The summed E-state index contributed by atoms with van der Waals surface area (Å²) in [6, 6.07) is 4.77. The number of carbonyl (C=O) groups is 2. The molecule has 11 nitrogen and oxygen atoms in total. The molecule has 13 heteroatoms. The zero-order valence-electron chi connectivity index (χ0n) is 44.5. The van der Waals surface area contributed by atoms with Crippen molar-refractivity contribution in [3.8, 4) is 0 Å². The van der Waals surface area contributed by atoms with Crippen molar-refractivity contribution in [3.63, 3.8) is 0 Å². The minimum Gasteiger partial charge on any atom is -0.457 e. The van der Waals surface area contributed by atoms with Gasteiger partial charge in [0.05, 0.1) is 30.3 Å². The van der Waals surface area contributed by atoms with Crippen molar-refractivity contribution in [1.29, 1.82) is 0 Å². The van der Waals surface area contributed by atoms with Gasteiger partial charge in [-0.3, -0.25) is 9.69 Å². The number of cyclic esters (lactones) is 1. The number of carbonyl (C=O) groups excluding carboxylic acids is 2. The fourth-order valence-electron chi connectivity index (χ4n) is 11.3. The summed E-state index contributed by atoms with van der Waals surface area (Å²) < 4.78 is 33.2. The number of nitrogens with zero attached hydrogens (tertiary/aromatic N) is 3. The van der Waals surface area contributed by atoms with Gasteiger partial charge in [-0.25, -0.2) is 4.79 Å². The van der Waals surface area contributed by atoms with E-state index < -0.39 is 34.4 Å². The summed E-state index contributed by atoms with van der Waals surface area (Å²) in [6.45, 7) is 36.0. The van der Waals surface area contributed by atoms with Crippen LogP contribution in [0.1, 0.15) is 142 Å². The van der Waals surface area contributed by atoms with Crippen LogP contribution in [-0.2, 0) is 27.9 Å². The van der Waals surface area contributed by atoms with Gasteiger partial charge in [0.15, 0.2) is 16.6 Å². The van der Waals surface area contributed by atoms with Crippen molar-refractivity contribution >= 4 is 28.7 Å². The van der Waals surface area contributed by atoms with E-state index in [-0.39, 0.29) is 60.7 Å². The lowest BCUT2D eigenvalue weighted by molar-refractivity contribution is -0.151. The van der Waals surface area contributed by atoms with E-state index in [0.717, 1.165) is 68.8 Å². The molecule has 1 amide bonds. The summed E-state index contributed by atoms with van der Waals surface area (Å²) in [5.74, 6) is -0.229. The van der Waals surface area contributed by atoms with E-state index in [1.807, 2.05) is 43.1 Å². The lowest BCUT2D eigenvalue weighted by Crippen LogP contribution is -2.54. The normalized spacial score (nSPS) is 29.4. The number of aliphatic hydroxyl groups is 1. The number of ether oxygens (including phenoxy) is 3. The van der Waals surface area contributed by atoms with Crippen LogP contribution in [0.25, 0.3) is 0 Å². The number of amides is 1. The van der Waals surface area contributed by atoms with E-state index in [9.17, 15) is 14.7 Å². The molecule has 4 aliphatic heterocycles. The van der Waals surface area contributed by atoms with Crippen molar-refractivity contribution < 1.29 is 37.8 Å². The Morgan fingerprint density at radius 1 is 0.894 bits per heavy atom. The molecule has 380 valence electrons. The van der Waals surface area contributed by atoms with Crippen LogP contribution in [0.3, 0.4) is 0 Å². The van der Waals surface area contributed by atoms with Gasteiger partial charge in [-0.05, 0) is 119 Å². The minimum absolute atomic E-state index is 0.0135. The zero-order chi connectivity index (χ0) is 49.0. The van der Waals surface area contributed by atoms with Gasteiger partial charge in [-0.15, -0.1) is 0 Å². The van der Waals surface area contributed by atoms with Crippen LogP contribution in [0.15, 0.2) is 36.0 Å². The summed E-state index contributed by atoms with van der Waals surface area (Å²) in [7, 11) is -1.81. The summed E-state index contributed by atoms with van der Waals surface area (Å²) >= 11 is 0. The molecule has 0 bridgehead atoms. The first-order chi connectivity index (χ1) is 31.2. The van der Waals surface area contributed by atoms with E-state index in [2.05, 4.69) is 106 Å². The first kappa shape index (κ1) is 56.7. The molecule has 4 heterocycles. The molecule has 0 aromatic rings. The fourth-order valence-corrected chi connectivity index (χ4v) is 18.6. The van der Waals surface area contributed by atoms with Crippen LogP contribution in [0.4, 0.5) is 4.79 Å². The Hall–Kier alpha value is -1.85. The predicted octanol–water partition coefficient (Wildman–Crippen LogP) is 11.1. The van der Waals surface area contributed by atoms with Crippen molar-refractivity contribution in [2.45, 2.75) is 225 Å². The van der Waals surface area contributed by atoms with Crippen molar-refractivity contribution in [2.75, 3.05) is 46.3 Å². The maximum absolute atomic E-state index is 14.0. The monoisotopic (exact) mass is 960 g/mol. The maximum atomic E-state index is 14.0. The van der Waals surface area contributed by atoms with Crippen LogP contribution in [0, 0.1) is 17.8 Å². The molecule has 0 spiro atoms. The van der Waals surface area contributed by atoms with E-state index in [0.29, 0.717) is 43.1 Å². The van der Waals surface area contributed by atoms with Crippen LogP contribution in [0.5, 0.6) is 0 Å². The highest BCUT2D eigenvalue weighted by atomic mass is 28.4. The molecular weight excluding hydrogens is 863 g/mol. The number of piperidine rings is 1. The second-order valence-corrected chi connectivity index (χ2v) is 31.7. The van der Waals surface area contributed by atoms with E-state index >= 15 is 0 Å². The SMILES string of the molecule is CCC(O[Si](CC)(CC)C(C)C)C(C)C1OC1CC(C)(O)C=CC=C(C)C1OC(=O)CC(O[Si](CC)(CC)C(C)C)CCC(C)C(OC(=O)N2CCN(C3CCN(C)CC3)CC2)C=CC1C. The third-order valence-corrected chi connectivity index (χ3v) is 27.1. The average Bonchev–Trinajstić information content (AvgIpc) is 4.05. The lowest BCUT2D eigenvalue weighted by atomic mass is 9.91. The number of hydrogen-bond acceptors (Lipinski definition) is 10. The second kappa shape index (κ2) is 25.8. The summed E-state index contributed by atoms with van der Waals surface area (Å²) in [6.07, 6.45) is 13.7. The highest BCUT2D eigenvalue weighted by Crippen LogP contribution is 2.41. The van der Waals surface area contributed by atoms with Crippen LogP contribution < -0.4 is 0 Å². The highest BCUT2D eigenvalue weighted by Gasteiger charge is 2.49. The molecule has 66 heavy (non-hydrogen) atoms. The molecule has 4 aliphatic rings. The quantitative estimate of drug-likeness (QED) is 0.0416. The number of epoxide rings is 1. The van der Waals surface area contributed by atoms with Crippen molar-refractivity contribution in [2.24, 2.45) is 17.8 Å². The van der Waals surface area contributed by atoms with Gasteiger partial charge in [0, 0.05) is 56.6 Å². The summed E-state index contributed by atoms with van der Waals surface area (Å²) in [4.78, 5) is 34.7. The zero-order valence-corrected chi connectivity index (χ0v) is 46.5. The second-order valence-electron chi connectivity index (χ2n) is 21.8. The first-order valence-corrected chi connectivity index (χ1v) is 31.3. The van der Waals surface area contributed by atoms with E-state index in [4.69, 9.17) is 23.1 Å². The Bertz CT molecular complexity index is 1580. The first-order valence-electron chi connectivity index (χ1n) is 26.5. The molecule has 10 atom stereocenters. The van der Waals surface area contributed by atoms with Gasteiger partial charge in [0.1, 0.15) is 12.2 Å². The number of rotatable bonds is 20. The maximum Gasteiger partial charge on any atom is 0.410 e. The molecule has 0 radical (unpaired) electrons. The number of esters is 1. The summed E-state index contributed by atoms with van der Waals surface area (Å²) in [5, 5.41) is 11.6. The van der Waals surface area contributed by atoms with Crippen LogP contribution in [-0.4, -0.2) is 143 Å².